The molecule has 0 aliphatic carbocycles. The van der Waals surface area contributed by atoms with Crippen molar-refractivity contribution in [1.29, 1.82) is 0 Å². The van der Waals surface area contributed by atoms with E-state index in [9.17, 15) is 4.79 Å². The summed E-state index contributed by atoms with van der Waals surface area (Å²) in [5.41, 5.74) is 0.988. The molecular weight excluding hydrogens is 346 g/mol. The fourth-order valence-electron chi connectivity index (χ4n) is 2.89. The first-order chi connectivity index (χ1) is 12.1. The zero-order valence-corrected chi connectivity index (χ0v) is 15.1. The zero-order valence-electron chi connectivity index (χ0n) is 14.4. The van der Waals surface area contributed by atoms with Crippen LogP contribution in [0.3, 0.4) is 0 Å². The van der Waals surface area contributed by atoms with Gasteiger partial charge in [0.05, 0.1) is 17.7 Å². The highest BCUT2D eigenvalue weighted by atomic mass is 35.5. The number of carbonyl (C=O) groups excluding carboxylic acids is 1. The number of amides is 1. The molecule has 1 aromatic rings. The Labute approximate surface area is 152 Å². The number of ether oxygens (including phenoxy) is 4. The van der Waals surface area contributed by atoms with Gasteiger partial charge in [-0.2, -0.15) is 0 Å². The highest BCUT2D eigenvalue weighted by Crippen LogP contribution is 2.38. The third kappa shape index (κ3) is 5.00. The van der Waals surface area contributed by atoms with Crippen LogP contribution in [0.1, 0.15) is 25.3 Å². The number of nitrogens with one attached hydrogen (secondary N) is 1. The molecule has 3 rings (SSSR count). The summed E-state index contributed by atoms with van der Waals surface area (Å²) >= 11 is 6.22. The van der Waals surface area contributed by atoms with Gasteiger partial charge in [-0.05, 0) is 43.9 Å². The molecule has 0 radical (unpaired) electrons. The molecule has 2 aliphatic heterocycles. The van der Waals surface area contributed by atoms with E-state index >= 15 is 0 Å². The molecule has 1 N–H and O–H groups in total. The summed E-state index contributed by atoms with van der Waals surface area (Å²) in [6.45, 7) is 4.53. The van der Waals surface area contributed by atoms with Crippen molar-refractivity contribution in [3.05, 3.63) is 22.7 Å². The number of halogens is 1. The normalized spacial score (nSPS) is 20.3. The summed E-state index contributed by atoms with van der Waals surface area (Å²) in [4.78, 5) is 12.1. The lowest BCUT2D eigenvalue weighted by Crippen LogP contribution is -2.37. The van der Waals surface area contributed by atoms with E-state index < -0.39 is 6.10 Å². The monoisotopic (exact) mass is 369 g/mol. The quantitative estimate of drug-likeness (QED) is 0.799. The smallest absolute Gasteiger partial charge is 0.248 e. The first-order valence-electron chi connectivity index (χ1n) is 8.72. The number of rotatable bonds is 7. The summed E-state index contributed by atoms with van der Waals surface area (Å²) in [6, 6.07) is 3.75. The van der Waals surface area contributed by atoms with Gasteiger partial charge in [0.2, 0.25) is 5.91 Å². The Balaban J connectivity index is 1.42. The van der Waals surface area contributed by atoms with E-state index in [2.05, 4.69) is 5.32 Å². The highest BCUT2D eigenvalue weighted by Gasteiger charge is 2.20. The van der Waals surface area contributed by atoms with E-state index in [1.54, 1.807) is 6.92 Å². The van der Waals surface area contributed by atoms with E-state index in [0.29, 0.717) is 49.3 Å². The van der Waals surface area contributed by atoms with Crippen LogP contribution < -0.4 is 14.8 Å². The lowest BCUT2D eigenvalue weighted by Gasteiger charge is -2.20. The summed E-state index contributed by atoms with van der Waals surface area (Å²) in [7, 11) is 0. The van der Waals surface area contributed by atoms with Gasteiger partial charge in [-0.3, -0.25) is 4.79 Å². The molecule has 1 aromatic carbocycles. The Morgan fingerprint density at radius 3 is 3.00 bits per heavy atom. The topological polar surface area (TPSA) is 66.0 Å². The highest BCUT2D eigenvalue weighted by molar-refractivity contribution is 6.32. The molecule has 138 valence electrons. The van der Waals surface area contributed by atoms with Gasteiger partial charge in [-0.15, -0.1) is 0 Å². The van der Waals surface area contributed by atoms with Gasteiger partial charge in [0.25, 0.3) is 0 Å². The minimum atomic E-state index is -0.493. The second-order valence-electron chi connectivity index (χ2n) is 6.25. The van der Waals surface area contributed by atoms with Crippen molar-refractivity contribution in [3.8, 4) is 11.5 Å². The molecule has 25 heavy (non-hydrogen) atoms. The third-order valence-electron chi connectivity index (χ3n) is 4.29. The van der Waals surface area contributed by atoms with E-state index in [-0.39, 0.29) is 12.0 Å². The van der Waals surface area contributed by atoms with Gasteiger partial charge < -0.3 is 24.3 Å². The number of hydrogen-bond acceptors (Lipinski definition) is 5. The van der Waals surface area contributed by atoms with Gasteiger partial charge in [0.15, 0.2) is 11.5 Å². The Hall–Kier alpha value is -1.50. The predicted molar refractivity (Wildman–Crippen MR) is 93.5 cm³/mol. The lowest BCUT2D eigenvalue weighted by molar-refractivity contribution is -0.133. The van der Waals surface area contributed by atoms with Crippen LogP contribution in [0.15, 0.2) is 12.1 Å². The standard InChI is InChI=1S/C18H24ClNO5/c1-12(25-11-14-3-2-6-22-14)18(21)20-5-4-13-9-15(19)17-16(10-13)23-7-8-24-17/h9-10,12,14H,2-8,11H2,1H3,(H,20,21). The van der Waals surface area contributed by atoms with Crippen LogP contribution in [0.25, 0.3) is 0 Å². The van der Waals surface area contributed by atoms with Crippen LogP contribution in [0, 0.1) is 0 Å². The van der Waals surface area contributed by atoms with Gasteiger partial charge in [0.1, 0.15) is 19.3 Å². The van der Waals surface area contributed by atoms with E-state index in [1.807, 2.05) is 12.1 Å². The van der Waals surface area contributed by atoms with Crippen LogP contribution in [0.5, 0.6) is 11.5 Å². The molecule has 1 amide bonds. The molecule has 2 unspecified atom stereocenters. The summed E-state index contributed by atoms with van der Waals surface area (Å²) < 4.78 is 22.1. The third-order valence-corrected chi connectivity index (χ3v) is 4.58. The summed E-state index contributed by atoms with van der Waals surface area (Å²) in [5, 5.41) is 3.42. The van der Waals surface area contributed by atoms with Crippen LogP contribution in [-0.4, -0.2) is 51.1 Å². The van der Waals surface area contributed by atoms with Crippen LogP contribution >= 0.6 is 11.6 Å². The van der Waals surface area contributed by atoms with Crippen molar-refractivity contribution in [2.45, 2.75) is 38.4 Å². The fourth-order valence-corrected chi connectivity index (χ4v) is 3.17. The maximum absolute atomic E-state index is 12.1. The summed E-state index contributed by atoms with van der Waals surface area (Å²) in [6.07, 6.45) is 2.34. The molecule has 0 saturated carbocycles. The number of benzene rings is 1. The molecule has 1 fully saturated rings. The molecule has 2 atom stereocenters. The number of fused-ring (bicyclic) bond motifs is 1. The van der Waals surface area contributed by atoms with Crippen LogP contribution in [0.2, 0.25) is 5.02 Å². The largest absolute Gasteiger partial charge is 0.486 e. The van der Waals surface area contributed by atoms with E-state index in [1.165, 1.54) is 0 Å². The average molecular weight is 370 g/mol. The van der Waals surface area contributed by atoms with Crippen molar-refractivity contribution >= 4 is 17.5 Å². The van der Waals surface area contributed by atoms with Crippen molar-refractivity contribution in [3.63, 3.8) is 0 Å². The maximum Gasteiger partial charge on any atom is 0.248 e. The second-order valence-corrected chi connectivity index (χ2v) is 6.66. The molecule has 0 spiro atoms. The van der Waals surface area contributed by atoms with Crippen LogP contribution in [-0.2, 0) is 20.7 Å². The minimum Gasteiger partial charge on any atom is -0.486 e. The molecule has 7 heteroatoms. The predicted octanol–water partition coefficient (Wildman–Crippen LogP) is 2.35. The second kappa shape index (κ2) is 8.74. The zero-order chi connectivity index (χ0) is 17.6. The number of carbonyl (C=O) groups is 1. The molecule has 6 nitrogen and oxygen atoms in total. The Kier molecular flexibility index (Phi) is 6.39. The molecule has 1 saturated heterocycles. The van der Waals surface area contributed by atoms with Gasteiger partial charge in [-0.25, -0.2) is 0 Å². The van der Waals surface area contributed by atoms with Crippen LogP contribution in [0.4, 0.5) is 0 Å². The Morgan fingerprint density at radius 1 is 1.36 bits per heavy atom. The molecule has 0 aromatic heterocycles. The maximum atomic E-state index is 12.1. The Bertz CT molecular complexity index is 603. The first-order valence-corrected chi connectivity index (χ1v) is 9.10. The number of hydrogen-bond donors (Lipinski definition) is 1. The van der Waals surface area contributed by atoms with Crippen molar-refractivity contribution < 1.29 is 23.7 Å². The van der Waals surface area contributed by atoms with Crippen molar-refractivity contribution in [2.75, 3.05) is 33.0 Å². The van der Waals surface area contributed by atoms with Crippen molar-refractivity contribution in [1.82, 2.24) is 5.32 Å². The molecular formula is C18H24ClNO5. The van der Waals surface area contributed by atoms with Gasteiger partial charge in [-0.1, -0.05) is 11.6 Å². The SMILES string of the molecule is CC(OCC1CCCO1)C(=O)NCCc1cc(Cl)c2c(c1)OCCO2. The lowest BCUT2D eigenvalue weighted by atomic mass is 10.1. The van der Waals surface area contributed by atoms with Gasteiger partial charge in [0, 0.05) is 13.2 Å². The molecule has 2 aliphatic rings. The summed E-state index contributed by atoms with van der Waals surface area (Å²) in [5.74, 6) is 1.13. The fraction of sp³-hybridized carbons (Fsp3) is 0.611. The molecule has 0 bridgehead atoms. The van der Waals surface area contributed by atoms with E-state index in [4.69, 9.17) is 30.5 Å². The first kappa shape index (κ1) is 18.3. The van der Waals surface area contributed by atoms with E-state index in [0.717, 1.165) is 25.0 Å². The minimum absolute atomic E-state index is 0.120. The Morgan fingerprint density at radius 2 is 2.20 bits per heavy atom. The average Bonchev–Trinajstić information content (AvgIpc) is 3.13. The van der Waals surface area contributed by atoms with Gasteiger partial charge >= 0.3 is 0 Å². The van der Waals surface area contributed by atoms with Crippen molar-refractivity contribution in [2.24, 2.45) is 0 Å². The molecule has 2 heterocycles.